The lowest BCUT2D eigenvalue weighted by molar-refractivity contribution is -0.116. The molecule has 0 heterocycles. The molecule has 0 spiro atoms. The van der Waals surface area contributed by atoms with Crippen LogP contribution in [0.2, 0.25) is 10.0 Å². The van der Waals surface area contributed by atoms with Crippen molar-refractivity contribution in [3.8, 4) is 0 Å². The number of hydrogen-bond donors (Lipinski definition) is 3. The van der Waals surface area contributed by atoms with E-state index in [0.717, 1.165) is 0 Å². The predicted molar refractivity (Wildman–Crippen MR) is 102 cm³/mol. The summed E-state index contributed by atoms with van der Waals surface area (Å²) < 4.78 is 0. The van der Waals surface area contributed by atoms with Crippen LogP contribution in [0.5, 0.6) is 0 Å². The highest BCUT2D eigenvalue weighted by atomic mass is 35.5. The molecule has 2 aromatic rings. The third-order valence-electron chi connectivity index (χ3n) is 3.35. The molecule has 0 aliphatic rings. The molecule has 0 aliphatic heterocycles. The van der Waals surface area contributed by atoms with Crippen LogP contribution in [-0.2, 0) is 4.79 Å². The van der Waals surface area contributed by atoms with Crippen molar-refractivity contribution in [1.82, 2.24) is 4.90 Å². The molecule has 0 radical (unpaired) electrons. The van der Waals surface area contributed by atoms with Crippen LogP contribution in [0.4, 0.5) is 16.2 Å². The molecule has 0 bridgehead atoms. The second-order valence-electron chi connectivity index (χ2n) is 5.37. The zero-order chi connectivity index (χ0) is 19.3. The average Bonchev–Trinajstić information content (AvgIpc) is 2.58. The van der Waals surface area contributed by atoms with Crippen LogP contribution in [0.1, 0.15) is 10.4 Å². The van der Waals surface area contributed by atoms with Gasteiger partial charge in [-0.2, -0.15) is 0 Å². The topological polar surface area (TPSA) is 105 Å². The van der Waals surface area contributed by atoms with Crippen molar-refractivity contribution in [2.24, 2.45) is 5.73 Å². The molecule has 7 nitrogen and oxygen atoms in total. The zero-order valence-electron chi connectivity index (χ0n) is 13.8. The van der Waals surface area contributed by atoms with Crippen molar-refractivity contribution >= 4 is 52.4 Å². The first kappa shape index (κ1) is 19.6. The minimum absolute atomic E-state index is 0.193. The Morgan fingerprint density at radius 2 is 1.58 bits per heavy atom. The Morgan fingerprint density at radius 3 is 2.12 bits per heavy atom. The number of likely N-dealkylation sites (N-methyl/N-ethyl adjacent to an activating group) is 1. The largest absolute Gasteiger partial charge is 0.351 e. The number of halogens is 2. The number of nitrogens with two attached hydrogens (primary N) is 1. The lowest BCUT2D eigenvalue weighted by Crippen LogP contribution is -2.35. The fourth-order valence-corrected chi connectivity index (χ4v) is 2.63. The summed E-state index contributed by atoms with van der Waals surface area (Å²) in [5.74, 6) is -0.807. The zero-order valence-corrected chi connectivity index (χ0v) is 15.3. The Labute approximate surface area is 160 Å². The van der Waals surface area contributed by atoms with Crippen LogP contribution in [-0.4, -0.2) is 36.3 Å². The molecule has 0 unspecified atom stereocenters. The van der Waals surface area contributed by atoms with Gasteiger partial charge in [0.1, 0.15) is 0 Å². The van der Waals surface area contributed by atoms with Gasteiger partial charge in [0.2, 0.25) is 5.91 Å². The van der Waals surface area contributed by atoms with Crippen LogP contribution >= 0.6 is 23.2 Å². The van der Waals surface area contributed by atoms with Gasteiger partial charge < -0.3 is 21.3 Å². The molecular weight excluding hydrogens is 379 g/mol. The number of amides is 4. The van der Waals surface area contributed by atoms with E-state index >= 15 is 0 Å². The fourth-order valence-electron chi connectivity index (χ4n) is 2.14. The maximum atomic E-state index is 12.4. The van der Waals surface area contributed by atoms with Gasteiger partial charge in [0.15, 0.2) is 0 Å². The molecule has 0 saturated carbocycles. The molecule has 0 atom stereocenters. The van der Waals surface area contributed by atoms with Gasteiger partial charge in [-0.15, -0.1) is 0 Å². The lowest BCUT2D eigenvalue weighted by Gasteiger charge is -2.17. The van der Waals surface area contributed by atoms with Gasteiger partial charge in [-0.1, -0.05) is 29.3 Å². The summed E-state index contributed by atoms with van der Waals surface area (Å²) in [5.41, 5.74) is 6.13. The van der Waals surface area contributed by atoms with Gasteiger partial charge in [-0.05, 0) is 36.4 Å². The molecular formula is C17H16Cl2N4O3. The standard InChI is InChI=1S/C17H16Cl2N4O3/c1-23(9-14(24)22-15-12(18)3-2-4-13(15)19)16(25)10-5-7-11(8-6-10)21-17(20)26/h2-8H,9H2,1H3,(H,22,24)(H3,20,21,26). The highest BCUT2D eigenvalue weighted by Gasteiger charge is 2.16. The number of para-hydroxylation sites is 1. The van der Waals surface area contributed by atoms with Crippen LogP contribution in [0.3, 0.4) is 0 Å². The molecule has 136 valence electrons. The Hall–Kier alpha value is -2.77. The van der Waals surface area contributed by atoms with Crippen LogP contribution < -0.4 is 16.4 Å². The van der Waals surface area contributed by atoms with E-state index in [1.54, 1.807) is 18.2 Å². The first-order chi connectivity index (χ1) is 12.3. The fraction of sp³-hybridized carbons (Fsp3) is 0.118. The molecule has 26 heavy (non-hydrogen) atoms. The van der Waals surface area contributed by atoms with Gasteiger partial charge in [0.25, 0.3) is 5.91 Å². The third kappa shape index (κ3) is 5.11. The lowest BCUT2D eigenvalue weighted by atomic mass is 10.2. The Balaban J connectivity index is 2.00. The van der Waals surface area contributed by atoms with Gasteiger partial charge in [0.05, 0.1) is 22.3 Å². The second kappa shape index (κ2) is 8.55. The Bertz CT molecular complexity index is 820. The van der Waals surface area contributed by atoms with Crippen molar-refractivity contribution in [3.63, 3.8) is 0 Å². The van der Waals surface area contributed by atoms with E-state index in [1.807, 2.05) is 0 Å². The minimum atomic E-state index is -0.698. The van der Waals surface area contributed by atoms with Crippen molar-refractivity contribution in [2.45, 2.75) is 0 Å². The third-order valence-corrected chi connectivity index (χ3v) is 3.98. The van der Waals surface area contributed by atoms with Crippen molar-refractivity contribution < 1.29 is 14.4 Å². The quantitative estimate of drug-likeness (QED) is 0.724. The highest BCUT2D eigenvalue weighted by molar-refractivity contribution is 6.39. The number of primary amides is 1. The summed E-state index contributed by atoms with van der Waals surface area (Å²) in [4.78, 5) is 36.6. The number of rotatable bonds is 5. The number of carbonyl (C=O) groups is 3. The average molecular weight is 395 g/mol. The second-order valence-corrected chi connectivity index (χ2v) is 6.19. The van der Waals surface area contributed by atoms with Gasteiger partial charge >= 0.3 is 6.03 Å². The first-order valence-corrected chi connectivity index (χ1v) is 8.19. The summed E-state index contributed by atoms with van der Waals surface area (Å²) >= 11 is 12.0. The van der Waals surface area contributed by atoms with Gasteiger partial charge in [-0.3, -0.25) is 9.59 Å². The number of benzene rings is 2. The number of urea groups is 1. The molecule has 4 N–H and O–H groups in total. The summed E-state index contributed by atoms with van der Waals surface area (Å²) in [5, 5.41) is 5.59. The Morgan fingerprint density at radius 1 is 1.00 bits per heavy atom. The SMILES string of the molecule is CN(CC(=O)Nc1c(Cl)cccc1Cl)C(=O)c1ccc(NC(N)=O)cc1. The van der Waals surface area contributed by atoms with E-state index in [2.05, 4.69) is 10.6 Å². The van der Waals surface area contributed by atoms with Crippen LogP contribution in [0.25, 0.3) is 0 Å². The number of nitrogens with one attached hydrogen (secondary N) is 2. The maximum absolute atomic E-state index is 12.4. The van der Waals surface area contributed by atoms with E-state index in [4.69, 9.17) is 28.9 Å². The van der Waals surface area contributed by atoms with E-state index < -0.39 is 11.9 Å². The van der Waals surface area contributed by atoms with Crippen LogP contribution in [0, 0.1) is 0 Å². The summed E-state index contributed by atoms with van der Waals surface area (Å²) in [7, 11) is 1.49. The van der Waals surface area contributed by atoms with E-state index in [1.165, 1.54) is 36.2 Å². The molecule has 0 aliphatic carbocycles. The van der Waals surface area contributed by atoms with E-state index in [-0.39, 0.29) is 12.5 Å². The molecule has 4 amide bonds. The summed E-state index contributed by atoms with van der Waals surface area (Å²) in [6.07, 6.45) is 0. The molecule has 0 aromatic heterocycles. The minimum Gasteiger partial charge on any atom is -0.351 e. The molecule has 2 rings (SSSR count). The predicted octanol–water partition coefficient (Wildman–Crippen LogP) is 3.19. The molecule has 2 aromatic carbocycles. The summed E-state index contributed by atoms with van der Waals surface area (Å²) in [6.45, 7) is -0.193. The van der Waals surface area contributed by atoms with Crippen molar-refractivity contribution in [2.75, 3.05) is 24.2 Å². The Kier molecular flexibility index (Phi) is 6.43. The number of nitrogens with zero attached hydrogens (tertiary/aromatic N) is 1. The summed E-state index contributed by atoms with van der Waals surface area (Å²) in [6, 6.07) is 10.3. The maximum Gasteiger partial charge on any atom is 0.316 e. The first-order valence-electron chi connectivity index (χ1n) is 7.43. The molecule has 0 fully saturated rings. The van der Waals surface area contributed by atoms with E-state index in [9.17, 15) is 14.4 Å². The number of anilines is 2. The van der Waals surface area contributed by atoms with Gasteiger partial charge in [-0.25, -0.2) is 4.79 Å². The van der Waals surface area contributed by atoms with Crippen LogP contribution in [0.15, 0.2) is 42.5 Å². The normalized spacial score (nSPS) is 10.1. The molecule has 9 heteroatoms. The van der Waals surface area contributed by atoms with Crippen molar-refractivity contribution in [3.05, 3.63) is 58.1 Å². The van der Waals surface area contributed by atoms with E-state index in [0.29, 0.717) is 27.0 Å². The number of carbonyl (C=O) groups excluding carboxylic acids is 3. The number of hydrogen-bond acceptors (Lipinski definition) is 3. The van der Waals surface area contributed by atoms with Gasteiger partial charge in [0, 0.05) is 18.3 Å². The highest BCUT2D eigenvalue weighted by Crippen LogP contribution is 2.29. The smallest absolute Gasteiger partial charge is 0.316 e. The van der Waals surface area contributed by atoms with Crippen molar-refractivity contribution in [1.29, 1.82) is 0 Å². The molecule has 0 saturated heterocycles. The monoisotopic (exact) mass is 394 g/mol.